The molecule has 0 spiro atoms. The van der Waals surface area contributed by atoms with Gasteiger partial charge in [-0.05, 0) is 19.1 Å². The molecule has 0 aliphatic rings. The molecule has 1 aromatic carbocycles. The maximum absolute atomic E-state index is 10.7. The van der Waals surface area contributed by atoms with Crippen LogP contribution in [0.3, 0.4) is 0 Å². The quantitative estimate of drug-likeness (QED) is 0.743. The second kappa shape index (κ2) is 5.36. The number of hydrogen-bond acceptors (Lipinski definition) is 4. The van der Waals surface area contributed by atoms with Crippen LogP contribution in [0.1, 0.15) is 17.3 Å². The average Bonchev–Trinajstić information content (AvgIpc) is 2.25. The zero-order valence-electron chi connectivity index (χ0n) is 8.77. The minimum absolute atomic E-state index is 0.126. The lowest BCUT2D eigenvalue weighted by Gasteiger charge is -2.13. The minimum atomic E-state index is -0.589. The van der Waals surface area contributed by atoms with E-state index in [1.54, 1.807) is 25.1 Å². The van der Waals surface area contributed by atoms with Gasteiger partial charge >= 0.3 is 0 Å². The van der Waals surface area contributed by atoms with Crippen LogP contribution in [0.5, 0.6) is 11.5 Å². The van der Waals surface area contributed by atoms with Gasteiger partial charge in [0.15, 0.2) is 17.8 Å². The zero-order chi connectivity index (χ0) is 11.3. The lowest BCUT2D eigenvalue weighted by molar-refractivity contribution is 0.109. The Balaban J connectivity index is 2.94. The summed E-state index contributed by atoms with van der Waals surface area (Å²) in [7, 11) is 1.50. The normalized spacial score (nSPS) is 11.9. The van der Waals surface area contributed by atoms with Crippen molar-refractivity contribution in [2.45, 2.75) is 13.0 Å². The molecular weight excluding hydrogens is 196 g/mol. The molecule has 0 aliphatic heterocycles. The highest BCUT2D eigenvalue weighted by atomic mass is 16.5. The van der Waals surface area contributed by atoms with E-state index in [-0.39, 0.29) is 6.61 Å². The first-order valence-electron chi connectivity index (χ1n) is 4.62. The number of carbonyl (C=O) groups excluding carboxylic acids is 1. The molecule has 0 aliphatic carbocycles. The lowest BCUT2D eigenvalue weighted by atomic mass is 10.2. The Kier molecular flexibility index (Phi) is 4.12. The number of para-hydroxylation sites is 1. The third-order valence-corrected chi connectivity index (χ3v) is 1.83. The molecule has 0 bridgehead atoms. The van der Waals surface area contributed by atoms with Gasteiger partial charge in [-0.1, -0.05) is 6.07 Å². The third-order valence-electron chi connectivity index (χ3n) is 1.83. The standard InChI is InChI=1S/C11H14O4/c1-8(13)7-15-11-9(6-12)4-3-5-10(11)14-2/h3-6,8,13H,7H2,1-2H3. The van der Waals surface area contributed by atoms with E-state index in [4.69, 9.17) is 14.6 Å². The number of hydrogen-bond donors (Lipinski definition) is 1. The number of benzene rings is 1. The van der Waals surface area contributed by atoms with Gasteiger partial charge in [-0.25, -0.2) is 0 Å². The van der Waals surface area contributed by atoms with Gasteiger partial charge in [0.2, 0.25) is 0 Å². The molecule has 1 atom stereocenters. The smallest absolute Gasteiger partial charge is 0.171 e. The molecule has 4 nitrogen and oxygen atoms in total. The van der Waals surface area contributed by atoms with Crippen molar-refractivity contribution in [3.05, 3.63) is 23.8 Å². The van der Waals surface area contributed by atoms with E-state index < -0.39 is 6.10 Å². The van der Waals surface area contributed by atoms with Crippen LogP contribution in [-0.4, -0.2) is 31.2 Å². The van der Waals surface area contributed by atoms with Crippen LogP contribution in [0.25, 0.3) is 0 Å². The van der Waals surface area contributed by atoms with Crippen LogP contribution in [-0.2, 0) is 0 Å². The molecule has 4 heteroatoms. The maximum Gasteiger partial charge on any atom is 0.171 e. The summed E-state index contributed by atoms with van der Waals surface area (Å²) in [5.74, 6) is 0.858. The Bertz CT molecular complexity index is 333. The number of methoxy groups -OCH3 is 1. The van der Waals surface area contributed by atoms with E-state index >= 15 is 0 Å². The number of rotatable bonds is 5. The van der Waals surface area contributed by atoms with E-state index in [0.717, 1.165) is 0 Å². The Morgan fingerprint density at radius 3 is 2.80 bits per heavy atom. The fourth-order valence-corrected chi connectivity index (χ4v) is 1.14. The molecule has 1 aromatic rings. The predicted octanol–water partition coefficient (Wildman–Crippen LogP) is 1.27. The highest BCUT2D eigenvalue weighted by molar-refractivity contribution is 5.81. The first-order valence-corrected chi connectivity index (χ1v) is 4.62. The molecule has 1 N–H and O–H groups in total. The van der Waals surface area contributed by atoms with Gasteiger partial charge < -0.3 is 14.6 Å². The summed E-state index contributed by atoms with van der Waals surface area (Å²) >= 11 is 0. The number of aliphatic hydroxyl groups excluding tert-OH is 1. The van der Waals surface area contributed by atoms with Crippen LogP contribution >= 0.6 is 0 Å². The highest BCUT2D eigenvalue weighted by Crippen LogP contribution is 2.29. The van der Waals surface area contributed by atoms with Gasteiger partial charge in [-0.15, -0.1) is 0 Å². The summed E-state index contributed by atoms with van der Waals surface area (Å²) in [4.78, 5) is 10.7. The van der Waals surface area contributed by atoms with Crippen molar-refractivity contribution < 1.29 is 19.4 Å². The SMILES string of the molecule is COc1cccc(C=O)c1OCC(C)O. The van der Waals surface area contributed by atoms with Gasteiger partial charge in [0.05, 0.1) is 18.8 Å². The minimum Gasteiger partial charge on any atom is -0.493 e. The maximum atomic E-state index is 10.7. The summed E-state index contributed by atoms with van der Waals surface area (Å²) in [6.07, 6.45) is 0.106. The average molecular weight is 210 g/mol. The number of carbonyl (C=O) groups is 1. The van der Waals surface area contributed by atoms with E-state index in [1.165, 1.54) is 7.11 Å². The molecule has 15 heavy (non-hydrogen) atoms. The van der Waals surface area contributed by atoms with Gasteiger partial charge in [0.25, 0.3) is 0 Å². The van der Waals surface area contributed by atoms with Crippen molar-refractivity contribution in [3.63, 3.8) is 0 Å². The molecule has 0 radical (unpaired) electrons. The van der Waals surface area contributed by atoms with E-state index in [0.29, 0.717) is 23.3 Å². The van der Waals surface area contributed by atoms with Crippen LogP contribution < -0.4 is 9.47 Å². The summed E-state index contributed by atoms with van der Waals surface area (Å²) in [6, 6.07) is 5.04. The first kappa shape index (κ1) is 11.5. The molecule has 0 aromatic heterocycles. The zero-order valence-corrected chi connectivity index (χ0v) is 8.77. The van der Waals surface area contributed by atoms with Crippen molar-refractivity contribution in [2.24, 2.45) is 0 Å². The van der Waals surface area contributed by atoms with Crippen LogP contribution in [0, 0.1) is 0 Å². The van der Waals surface area contributed by atoms with Crippen molar-refractivity contribution in [1.29, 1.82) is 0 Å². The van der Waals surface area contributed by atoms with Crippen LogP contribution in [0.15, 0.2) is 18.2 Å². The van der Waals surface area contributed by atoms with Gasteiger partial charge in [0.1, 0.15) is 6.61 Å². The van der Waals surface area contributed by atoms with Crippen molar-refractivity contribution in [1.82, 2.24) is 0 Å². The summed E-state index contributed by atoms with van der Waals surface area (Å²) in [5.41, 5.74) is 0.412. The molecule has 0 amide bonds. The second-order valence-electron chi connectivity index (χ2n) is 3.16. The fourth-order valence-electron chi connectivity index (χ4n) is 1.14. The molecular formula is C11H14O4. The summed E-state index contributed by atoms with van der Waals surface area (Å²) in [5, 5.41) is 9.09. The molecule has 1 rings (SSSR count). The Morgan fingerprint density at radius 2 is 2.27 bits per heavy atom. The predicted molar refractivity (Wildman–Crippen MR) is 55.6 cm³/mol. The Hall–Kier alpha value is -1.55. The van der Waals surface area contributed by atoms with E-state index in [1.807, 2.05) is 0 Å². The molecule has 0 saturated heterocycles. The summed E-state index contributed by atoms with van der Waals surface area (Å²) in [6.45, 7) is 1.73. The van der Waals surface area contributed by atoms with E-state index in [9.17, 15) is 4.79 Å². The molecule has 1 unspecified atom stereocenters. The van der Waals surface area contributed by atoms with Gasteiger partial charge in [-0.3, -0.25) is 4.79 Å². The van der Waals surface area contributed by atoms with Gasteiger partial charge in [-0.2, -0.15) is 0 Å². The number of ether oxygens (including phenoxy) is 2. The summed E-state index contributed by atoms with van der Waals surface area (Å²) < 4.78 is 10.4. The second-order valence-corrected chi connectivity index (χ2v) is 3.16. The molecule has 82 valence electrons. The van der Waals surface area contributed by atoms with E-state index in [2.05, 4.69) is 0 Å². The van der Waals surface area contributed by atoms with Crippen LogP contribution in [0.2, 0.25) is 0 Å². The number of aliphatic hydroxyl groups is 1. The Labute approximate surface area is 88.4 Å². The third kappa shape index (κ3) is 2.95. The van der Waals surface area contributed by atoms with Crippen LogP contribution in [0.4, 0.5) is 0 Å². The Morgan fingerprint density at radius 1 is 1.53 bits per heavy atom. The monoisotopic (exact) mass is 210 g/mol. The largest absolute Gasteiger partial charge is 0.493 e. The molecule has 0 saturated carbocycles. The van der Waals surface area contributed by atoms with Crippen molar-refractivity contribution >= 4 is 6.29 Å². The topological polar surface area (TPSA) is 55.8 Å². The first-order chi connectivity index (χ1) is 7.19. The lowest BCUT2D eigenvalue weighted by Crippen LogP contribution is -2.14. The highest BCUT2D eigenvalue weighted by Gasteiger charge is 2.10. The van der Waals surface area contributed by atoms with Gasteiger partial charge in [0, 0.05) is 0 Å². The fraction of sp³-hybridized carbons (Fsp3) is 0.364. The van der Waals surface area contributed by atoms with Crippen molar-refractivity contribution in [2.75, 3.05) is 13.7 Å². The molecule has 0 heterocycles. The molecule has 0 fully saturated rings. The number of aldehydes is 1. The van der Waals surface area contributed by atoms with Crippen molar-refractivity contribution in [3.8, 4) is 11.5 Å².